The van der Waals surface area contributed by atoms with Crippen LogP contribution in [0.4, 0.5) is 14.5 Å². The van der Waals surface area contributed by atoms with Crippen LogP contribution >= 0.6 is 15.9 Å². The monoisotopic (exact) mass is 328 g/mol. The fourth-order valence-electron chi connectivity index (χ4n) is 1.51. The molecule has 3 N–H and O–H groups in total. The van der Waals surface area contributed by atoms with Crippen molar-refractivity contribution in [1.82, 2.24) is 4.98 Å². The van der Waals surface area contributed by atoms with Gasteiger partial charge in [-0.25, -0.2) is 18.6 Å². The molecule has 0 aliphatic carbocycles. The first-order valence-corrected chi connectivity index (χ1v) is 5.84. The molecule has 1 aromatic heterocycles. The number of nitrogens with zero attached hydrogens (tertiary/aromatic N) is 1. The number of rotatable bonds is 2. The van der Waals surface area contributed by atoms with Gasteiger partial charge in [0.1, 0.15) is 11.6 Å². The lowest BCUT2D eigenvalue weighted by Crippen LogP contribution is -2.06. The molecule has 0 radical (unpaired) electrons. The molecule has 0 bridgehead atoms. The van der Waals surface area contributed by atoms with Gasteiger partial charge in [-0.1, -0.05) is 0 Å². The first-order chi connectivity index (χ1) is 8.90. The smallest absolute Gasteiger partial charge is 0.356 e. The minimum Gasteiger partial charge on any atom is -0.476 e. The maximum absolute atomic E-state index is 13.7. The molecule has 0 fully saturated rings. The Hall–Kier alpha value is -2.02. The number of carbonyl (C=O) groups is 1. The number of hydrogen-bond donors (Lipinski definition) is 2. The molecule has 0 unspecified atom stereocenters. The van der Waals surface area contributed by atoms with Crippen LogP contribution in [-0.4, -0.2) is 16.1 Å². The van der Waals surface area contributed by atoms with Crippen molar-refractivity contribution in [2.24, 2.45) is 0 Å². The highest BCUT2D eigenvalue weighted by molar-refractivity contribution is 9.10. The third-order valence-corrected chi connectivity index (χ3v) is 3.02. The van der Waals surface area contributed by atoms with E-state index < -0.39 is 17.6 Å². The molecular weight excluding hydrogens is 322 g/mol. The zero-order chi connectivity index (χ0) is 14.2. The van der Waals surface area contributed by atoms with E-state index in [4.69, 9.17) is 10.8 Å². The van der Waals surface area contributed by atoms with Crippen LogP contribution in [0.3, 0.4) is 0 Å². The van der Waals surface area contributed by atoms with E-state index in [9.17, 15) is 13.6 Å². The molecule has 0 aliphatic heterocycles. The number of benzene rings is 1. The Labute approximate surface area is 115 Å². The number of pyridine rings is 1. The summed E-state index contributed by atoms with van der Waals surface area (Å²) in [5.74, 6) is -2.91. The SMILES string of the molecule is Nc1ccc(-c2cc(Br)c(F)cc2F)nc1C(=O)O. The zero-order valence-corrected chi connectivity index (χ0v) is 10.9. The van der Waals surface area contributed by atoms with Crippen molar-refractivity contribution < 1.29 is 18.7 Å². The molecule has 4 nitrogen and oxygen atoms in total. The fourth-order valence-corrected chi connectivity index (χ4v) is 1.85. The Bertz CT molecular complexity index is 677. The highest BCUT2D eigenvalue weighted by atomic mass is 79.9. The van der Waals surface area contributed by atoms with Gasteiger partial charge in [-0.2, -0.15) is 0 Å². The predicted octanol–water partition coefficient (Wildman–Crippen LogP) is 3.07. The van der Waals surface area contributed by atoms with Crippen LogP contribution in [0.2, 0.25) is 0 Å². The van der Waals surface area contributed by atoms with Crippen molar-refractivity contribution in [3.05, 3.63) is 46.1 Å². The van der Waals surface area contributed by atoms with Crippen molar-refractivity contribution in [2.75, 3.05) is 5.73 Å². The molecule has 19 heavy (non-hydrogen) atoms. The van der Waals surface area contributed by atoms with E-state index in [-0.39, 0.29) is 27.1 Å². The van der Waals surface area contributed by atoms with Crippen molar-refractivity contribution >= 4 is 27.6 Å². The van der Waals surface area contributed by atoms with Gasteiger partial charge in [0.2, 0.25) is 0 Å². The highest BCUT2D eigenvalue weighted by Gasteiger charge is 2.15. The summed E-state index contributed by atoms with van der Waals surface area (Å²) in [7, 11) is 0. The number of halogens is 3. The van der Waals surface area contributed by atoms with Crippen LogP contribution in [0.5, 0.6) is 0 Å². The van der Waals surface area contributed by atoms with E-state index >= 15 is 0 Å². The topological polar surface area (TPSA) is 76.2 Å². The Balaban J connectivity index is 2.63. The Morgan fingerprint density at radius 1 is 1.26 bits per heavy atom. The van der Waals surface area contributed by atoms with Crippen molar-refractivity contribution in [3.63, 3.8) is 0 Å². The molecule has 0 amide bonds. The second-order valence-electron chi connectivity index (χ2n) is 3.69. The third kappa shape index (κ3) is 2.55. The molecular formula is C12H7BrF2N2O2. The second kappa shape index (κ2) is 4.93. The number of aromatic carboxylic acids is 1. The number of anilines is 1. The number of carboxylic acids is 1. The van der Waals surface area contributed by atoms with Gasteiger partial charge in [-0.15, -0.1) is 0 Å². The lowest BCUT2D eigenvalue weighted by molar-refractivity contribution is 0.0692. The fraction of sp³-hybridized carbons (Fsp3) is 0. The summed E-state index contributed by atoms with van der Waals surface area (Å²) in [6, 6.07) is 4.56. The number of aromatic nitrogens is 1. The van der Waals surface area contributed by atoms with Gasteiger partial charge >= 0.3 is 5.97 Å². The molecule has 0 saturated heterocycles. The molecule has 0 aliphatic rings. The van der Waals surface area contributed by atoms with E-state index in [2.05, 4.69) is 20.9 Å². The summed E-state index contributed by atoms with van der Waals surface area (Å²) < 4.78 is 26.9. The van der Waals surface area contributed by atoms with Crippen LogP contribution in [0.1, 0.15) is 10.5 Å². The Morgan fingerprint density at radius 3 is 2.58 bits per heavy atom. The van der Waals surface area contributed by atoms with E-state index in [1.54, 1.807) is 0 Å². The van der Waals surface area contributed by atoms with Gasteiger partial charge in [-0.05, 0) is 34.1 Å². The van der Waals surface area contributed by atoms with Gasteiger partial charge in [-0.3, -0.25) is 0 Å². The Kier molecular flexibility index (Phi) is 3.48. The molecule has 2 aromatic rings. The van der Waals surface area contributed by atoms with Crippen molar-refractivity contribution in [1.29, 1.82) is 0 Å². The number of hydrogen-bond acceptors (Lipinski definition) is 3. The van der Waals surface area contributed by atoms with E-state index in [0.717, 1.165) is 0 Å². The average molecular weight is 329 g/mol. The summed E-state index contributed by atoms with van der Waals surface area (Å²) in [4.78, 5) is 14.7. The minimum absolute atomic E-state index is 0.0178. The van der Waals surface area contributed by atoms with Crippen molar-refractivity contribution in [2.45, 2.75) is 0 Å². The maximum Gasteiger partial charge on any atom is 0.356 e. The van der Waals surface area contributed by atoms with Crippen molar-refractivity contribution in [3.8, 4) is 11.3 Å². The summed E-state index contributed by atoms with van der Waals surface area (Å²) in [5.41, 5.74) is 5.09. The molecule has 1 heterocycles. The van der Waals surface area contributed by atoms with Crippen LogP contribution in [0.25, 0.3) is 11.3 Å². The standard InChI is InChI=1S/C12H7BrF2N2O2/c13-6-3-5(7(14)4-8(6)15)10-2-1-9(16)11(17-10)12(18)19/h1-4H,16H2,(H,18,19). The summed E-state index contributed by atoms with van der Waals surface area (Å²) in [6.45, 7) is 0. The Morgan fingerprint density at radius 2 is 1.95 bits per heavy atom. The van der Waals surface area contributed by atoms with Gasteiger partial charge in [0, 0.05) is 11.6 Å². The first-order valence-electron chi connectivity index (χ1n) is 5.05. The molecule has 0 atom stereocenters. The zero-order valence-electron chi connectivity index (χ0n) is 9.32. The maximum atomic E-state index is 13.7. The average Bonchev–Trinajstić information content (AvgIpc) is 2.34. The molecule has 0 spiro atoms. The highest BCUT2D eigenvalue weighted by Crippen LogP contribution is 2.28. The quantitative estimate of drug-likeness (QED) is 0.830. The number of carboxylic acid groups (broad SMARTS) is 1. The van der Waals surface area contributed by atoms with Gasteiger partial charge in [0.05, 0.1) is 15.9 Å². The predicted molar refractivity (Wildman–Crippen MR) is 68.7 cm³/mol. The largest absolute Gasteiger partial charge is 0.476 e. The summed E-state index contributed by atoms with van der Waals surface area (Å²) in [6.07, 6.45) is 0. The summed E-state index contributed by atoms with van der Waals surface area (Å²) in [5, 5.41) is 8.90. The van der Waals surface area contributed by atoms with Gasteiger partial charge < -0.3 is 10.8 Å². The minimum atomic E-state index is -1.32. The van der Waals surface area contributed by atoms with Crippen LogP contribution < -0.4 is 5.73 Å². The number of nitrogens with two attached hydrogens (primary N) is 1. The lowest BCUT2D eigenvalue weighted by Gasteiger charge is -2.07. The molecule has 0 saturated carbocycles. The molecule has 2 rings (SSSR count). The second-order valence-corrected chi connectivity index (χ2v) is 4.54. The van der Waals surface area contributed by atoms with E-state index in [1.807, 2.05) is 0 Å². The normalized spacial score (nSPS) is 10.5. The van der Waals surface area contributed by atoms with E-state index in [0.29, 0.717) is 6.07 Å². The molecule has 1 aromatic carbocycles. The summed E-state index contributed by atoms with van der Waals surface area (Å²) >= 11 is 2.93. The van der Waals surface area contributed by atoms with E-state index in [1.165, 1.54) is 18.2 Å². The third-order valence-electron chi connectivity index (χ3n) is 2.41. The van der Waals surface area contributed by atoms with Gasteiger partial charge in [0.15, 0.2) is 5.69 Å². The van der Waals surface area contributed by atoms with Crippen LogP contribution in [0.15, 0.2) is 28.7 Å². The van der Waals surface area contributed by atoms with Crippen LogP contribution in [0, 0.1) is 11.6 Å². The van der Waals surface area contributed by atoms with Gasteiger partial charge in [0.25, 0.3) is 0 Å². The molecule has 7 heteroatoms. The van der Waals surface area contributed by atoms with Crippen LogP contribution in [-0.2, 0) is 0 Å². The lowest BCUT2D eigenvalue weighted by atomic mass is 10.1. The molecule has 98 valence electrons. The number of nitrogen functional groups attached to an aromatic ring is 1. The first kappa shape index (κ1) is 13.4.